The third-order valence-corrected chi connectivity index (χ3v) is 5.58. The van der Waals surface area contributed by atoms with Gasteiger partial charge in [-0.3, -0.25) is 0 Å². The Morgan fingerprint density at radius 2 is 1.27 bits per heavy atom. The van der Waals surface area contributed by atoms with Gasteiger partial charge in [-0.15, -0.1) is 0 Å². The summed E-state index contributed by atoms with van der Waals surface area (Å²) in [5, 5.41) is 0. The summed E-state index contributed by atoms with van der Waals surface area (Å²) in [6.45, 7) is 4.60. The molecule has 1 spiro atoms. The number of hydrogen-bond acceptors (Lipinski definition) is 1. The van der Waals surface area contributed by atoms with Gasteiger partial charge in [-0.1, -0.05) is 55.7 Å². The summed E-state index contributed by atoms with van der Waals surface area (Å²) in [6.07, 6.45) is 6.69. The predicted molar refractivity (Wildman–Crippen MR) is 94.0 cm³/mol. The van der Waals surface area contributed by atoms with Crippen LogP contribution < -0.4 is 4.90 Å². The first-order valence-electron chi connectivity index (χ1n) is 8.72. The predicted octanol–water partition coefficient (Wildman–Crippen LogP) is 5.80. The van der Waals surface area contributed by atoms with E-state index in [0.717, 1.165) is 0 Å². The second-order valence-corrected chi connectivity index (χ2v) is 7.14. The van der Waals surface area contributed by atoms with Crippen LogP contribution in [-0.4, -0.2) is 6.04 Å². The van der Waals surface area contributed by atoms with Crippen LogP contribution in [0.1, 0.15) is 57.1 Å². The SMILES string of the molecule is CC(C)N1c2ccccc2C2(CCCCC2)c2ccccc21. The van der Waals surface area contributed by atoms with Crippen molar-refractivity contribution in [2.24, 2.45) is 0 Å². The summed E-state index contributed by atoms with van der Waals surface area (Å²) < 4.78 is 0. The maximum Gasteiger partial charge on any atom is 0.0454 e. The molecule has 1 saturated carbocycles. The van der Waals surface area contributed by atoms with Crippen LogP contribution in [0.5, 0.6) is 0 Å². The van der Waals surface area contributed by atoms with Gasteiger partial charge in [0.25, 0.3) is 0 Å². The zero-order chi connectivity index (χ0) is 15.2. The summed E-state index contributed by atoms with van der Waals surface area (Å²) in [7, 11) is 0. The molecule has 0 atom stereocenters. The molecule has 0 aromatic heterocycles. The Labute approximate surface area is 134 Å². The quantitative estimate of drug-likeness (QED) is 0.642. The second-order valence-electron chi connectivity index (χ2n) is 7.14. The van der Waals surface area contributed by atoms with Gasteiger partial charge < -0.3 is 4.90 Å². The Balaban J connectivity index is 2.01. The van der Waals surface area contributed by atoms with Gasteiger partial charge in [0.1, 0.15) is 0 Å². The van der Waals surface area contributed by atoms with Gasteiger partial charge in [0.15, 0.2) is 0 Å². The van der Waals surface area contributed by atoms with Crippen molar-refractivity contribution in [2.45, 2.75) is 57.4 Å². The van der Waals surface area contributed by atoms with Gasteiger partial charge in [-0.25, -0.2) is 0 Å². The Kier molecular flexibility index (Phi) is 3.25. The van der Waals surface area contributed by atoms with Crippen LogP contribution in [0.15, 0.2) is 48.5 Å². The molecule has 0 amide bonds. The molecule has 1 aliphatic carbocycles. The van der Waals surface area contributed by atoms with Crippen molar-refractivity contribution in [1.82, 2.24) is 0 Å². The third-order valence-electron chi connectivity index (χ3n) is 5.58. The second kappa shape index (κ2) is 5.15. The summed E-state index contributed by atoms with van der Waals surface area (Å²) in [5.41, 5.74) is 6.22. The van der Waals surface area contributed by atoms with E-state index in [1.807, 2.05) is 0 Å². The highest BCUT2D eigenvalue weighted by molar-refractivity contribution is 5.78. The van der Waals surface area contributed by atoms with Crippen LogP contribution in [-0.2, 0) is 5.41 Å². The average Bonchev–Trinajstić information content (AvgIpc) is 2.56. The molecular weight excluding hydrogens is 266 g/mol. The number of benzene rings is 2. The monoisotopic (exact) mass is 291 g/mol. The van der Waals surface area contributed by atoms with Crippen molar-refractivity contribution in [3.63, 3.8) is 0 Å². The first kappa shape index (κ1) is 13.9. The van der Waals surface area contributed by atoms with Gasteiger partial charge in [-0.05, 0) is 49.9 Å². The van der Waals surface area contributed by atoms with E-state index < -0.39 is 0 Å². The molecule has 114 valence electrons. The number of anilines is 2. The molecule has 0 radical (unpaired) electrons. The van der Waals surface area contributed by atoms with Crippen LogP contribution in [0.25, 0.3) is 0 Å². The van der Waals surface area contributed by atoms with E-state index >= 15 is 0 Å². The normalized spacial score (nSPS) is 19.1. The van der Waals surface area contributed by atoms with Crippen LogP contribution in [0.2, 0.25) is 0 Å². The molecule has 2 aromatic rings. The van der Waals surface area contributed by atoms with Crippen LogP contribution in [0.4, 0.5) is 11.4 Å². The molecule has 4 rings (SSSR count). The fourth-order valence-electron chi connectivity index (χ4n) is 4.70. The number of fused-ring (bicyclic) bond motifs is 4. The Morgan fingerprint density at radius 3 is 1.77 bits per heavy atom. The molecule has 2 aromatic carbocycles. The zero-order valence-electron chi connectivity index (χ0n) is 13.7. The molecule has 0 N–H and O–H groups in total. The van der Waals surface area contributed by atoms with E-state index in [2.05, 4.69) is 67.3 Å². The fourth-order valence-corrected chi connectivity index (χ4v) is 4.70. The molecule has 0 bridgehead atoms. The molecule has 2 aliphatic rings. The summed E-state index contributed by atoms with van der Waals surface area (Å²) in [5.74, 6) is 0. The number of hydrogen-bond donors (Lipinski definition) is 0. The van der Waals surface area contributed by atoms with Crippen molar-refractivity contribution in [3.05, 3.63) is 59.7 Å². The smallest absolute Gasteiger partial charge is 0.0454 e. The van der Waals surface area contributed by atoms with Crippen molar-refractivity contribution in [3.8, 4) is 0 Å². The largest absolute Gasteiger partial charge is 0.338 e. The molecule has 1 nitrogen and oxygen atoms in total. The minimum atomic E-state index is 0.247. The first-order valence-corrected chi connectivity index (χ1v) is 8.72. The van der Waals surface area contributed by atoms with E-state index in [1.54, 1.807) is 11.1 Å². The maximum absolute atomic E-state index is 2.53. The van der Waals surface area contributed by atoms with Crippen LogP contribution in [0, 0.1) is 0 Å². The van der Waals surface area contributed by atoms with Crippen LogP contribution in [0.3, 0.4) is 0 Å². The summed E-state index contributed by atoms with van der Waals surface area (Å²) in [4.78, 5) is 2.53. The van der Waals surface area contributed by atoms with Gasteiger partial charge in [0.05, 0.1) is 0 Å². The number of rotatable bonds is 1. The lowest BCUT2D eigenvalue weighted by molar-refractivity contribution is 0.342. The Morgan fingerprint density at radius 1 is 0.773 bits per heavy atom. The summed E-state index contributed by atoms with van der Waals surface area (Å²) in [6, 6.07) is 18.7. The molecule has 1 heteroatoms. The van der Waals surface area contributed by atoms with Gasteiger partial charge in [-0.2, -0.15) is 0 Å². The lowest BCUT2D eigenvalue weighted by atomic mass is 9.62. The highest BCUT2D eigenvalue weighted by atomic mass is 15.2. The standard InChI is InChI=1S/C21H25N/c1-16(2)22-19-12-6-4-10-17(19)21(14-8-3-9-15-21)18-11-5-7-13-20(18)22/h4-7,10-13,16H,3,8-9,14-15H2,1-2H3. The highest BCUT2D eigenvalue weighted by Gasteiger charge is 2.43. The lowest BCUT2D eigenvalue weighted by Crippen LogP contribution is -2.40. The van der Waals surface area contributed by atoms with E-state index in [9.17, 15) is 0 Å². The van der Waals surface area contributed by atoms with Gasteiger partial charge in [0.2, 0.25) is 0 Å². The first-order chi connectivity index (χ1) is 10.7. The zero-order valence-corrected chi connectivity index (χ0v) is 13.7. The van der Waals surface area contributed by atoms with E-state index in [0.29, 0.717) is 6.04 Å². The lowest BCUT2D eigenvalue weighted by Gasteiger charge is -2.48. The highest BCUT2D eigenvalue weighted by Crippen LogP contribution is 2.55. The fraction of sp³-hybridized carbons (Fsp3) is 0.429. The summed E-state index contributed by atoms with van der Waals surface area (Å²) >= 11 is 0. The minimum Gasteiger partial charge on any atom is -0.338 e. The van der Waals surface area contributed by atoms with Crippen molar-refractivity contribution in [2.75, 3.05) is 4.90 Å². The third kappa shape index (κ3) is 1.84. The van der Waals surface area contributed by atoms with Crippen molar-refractivity contribution >= 4 is 11.4 Å². The molecule has 0 saturated heterocycles. The molecule has 22 heavy (non-hydrogen) atoms. The number of para-hydroxylation sites is 2. The van der Waals surface area contributed by atoms with E-state index in [-0.39, 0.29) is 5.41 Å². The molecule has 1 heterocycles. The molecular formula is C21H25N. The van der Waals surface area contributed by atoms with Crippen molar-refractivity contribution in [1.29, 1.82) is 0 Å². The molecule has 1 fully saturated rings. The average molecular weight is 291 g/mol. The van der Waals surface area contributed by atoms with Gasteiger partial charge >= 0.3 is 0 Å². The van der Waals surface area contributed by atoms with Crippen LogP contribution >= 0.6 is 0 Å². The van der Waals surface area contributed by atoms with E-state index in [1.165, 1.54) is 43.5 Å². The number of nitrogens with zero attached hydrogens (tertiary/aromatic N) is 1. The Hall–Kier alpha value is -1.76. The molecule has 0 unspecified atom stereocenters. The maximum atomic E-state index is 2.53. The molecule has 1 aliphatic heterocycles. The van der Waals surface area contributed by atoms with Gasteiger partial charge in [0, 0.05) is 22.8 Å². The minimum absolute atomic E-state index is 0.247. The Bertz CT molecular complexity index is 630. The van der Waals surface area contributed by atoms with Crippen molar-refractivity contribution < 1.29 is 0 Å². The van der Waals surface area contributed by atoms with E-state index in [4.69, 9.17) is 0 Å². The topological polar surface area (TPSA) is 3.24 Å².